The molecule has 6 nitrogen and oxygen atoms in total. The number of ether oxygens (including phenoxy) is 1. The molecule has 4 rings (SSSR count). The average molecular weight is 501 g/mol. The molecule has 0 fully saturated rings. The molecule has 0 spiro atoms. The molecule has 0 radical (unpaired) electrons. The number of hydrogen-bond acceptors (Lipinski definition) is 6. The summed E-state index contributed by atoms with van der Waals surface area (Å²) in [5.74, 6) is -1.24. The molecule has 0 aromatic heterocycles. The van der Waals surface area contributed by atoms with Crippen molar-refractivity contribution >= 4 is 40.9 Å². The van der Waals surface area contributed by atoms with E-state index in [0.717, 1.165) is 33.9 Å². The first-order valence-corrected chi connectivity index (χ1v) is 12.7. The maximum absolute atomic E-state index is 13.7. The lowest BCUT2D eigenvalue weighted by Crippen LogP contribution is -2.34. The van der Waals surface area contributed by atoms with Crippen LogP contribution in [-0.4, -0.2) is 31.4 Å². The minimum Gasteiger partial charge on any atom is -0.462 e. The van der Waals surface area contributed by atoms with E-state index in [4.69, 9.17) is 4.74 Å². The molecule has 0 aliphatic carbocycles. The molecule has 1 heterocycles. The second-order valence-electron chi connectivity index (χ2n) is 8.47. The van der Waals surface area contributed by atoms with E-state index in [1.807, 2.05) is 68.4 Å². The third-order valence-electron chi connectivity index (χ3n) is 5.83. The highest BCUT2D eigenvalue weighted by Gasteiger charge is 2.42. The highest BCUT2D eigenvalue weighted by molar-refractivity contribution is 8.04. The fourth-order valence-electron chi connectivity index (χ4n) is 3.76. The number of likely N-dealkylation sites (N-methyl/N-ethyl adjacent to an activating group) is 1. The number of aryl methyl sites for hydroxylation is 1. The molecule has 184 valence electrons. The number of thioether (sulfide) groups is 1. The number of amides is 2. The van der Waals surface area contributed by atoms with Crippen LogP contribution in [0.15, 0.2) is 94.4 Å². The largest absolute Gasteiger partial charge is 0.462 e. The SMILES string of the molecule is CCCCOC(=O)c1ccc(N2C(=O)C(Sc3ccc(C)cc3)=C(N(C)c3ccccc3)C2=O)cc1. The van der Waals surface area contributed by atoms with Gasteiger partial charge in [0.1, 0.15) is 10.6 Å². The lowest BCUT2D eigenvalue weighted by atomic mass is 10.2. The van der Waals surface area contributed by atoms with Crippen molar-refractivity contribution in [3.8, 4) is 0 Å². The summed E-state index contributed by atoms with van der Waals surface area (Å²) in [5, 5.41) is 0. The summed E-state index contributed by atoms with van der Waals surface area (Å²) in [4.78, 5) is 43.7. The van der Waals surface area contributed by atoms with Gasteiger partial charge in [0.05, 0.1) is 17.9 Å². The van der Waals surface area contributed by atoms with Gasteiger partial charge < -0.3 is 9.64 Å². The average Bonchev–Trinajstić information content (AvgIpc) is 3.14. The Balaban J connectivity index is 1.65. The van der Waals surface area contributed by atoms with Crippen molar-refractivity contribution in [3.63, 3.8) is 0 Å². The quantitative estimate of drug-likeness (QED) is 0.205. The summed E-state index contributed by atoms with van der Waals surface area (Å²) < 4.78 is 5.26. The van der Waals surface area contributed by atoms with Crippen molar-refractivity contribution < 1.29 is 19.1 Å². The Hall–Kier alpha value is -3.84. The number of anilines is 2. The highest BCUT2D eigenvalue weighted by Crippen LogP contribution is 2.39. The van der Waals surface area contributed by atoms with E-state index >= 15 is 0 Å². The second kappa shape index (κ2) is 11.3. The van der Waals surface area contributed by atoms with Gasteiger partial charge in [-0.15, -0.1) is 0 Å². The van der Waals surface area contributed by atoms with E-state index in [9.17, 15) is 14.4 Å². The third-order valence-corrected chi connectivity index (χ3v) is 6.91. The molecular weight excluding hydrogens is 472 g/mol. The Bertz CT molecular complexity index is 1290. The molecule has 0 bridgehead atoms. The summed E-state index contributed by atoms with van der Waals surface area (Å²) in [6, 6.07) is 23.6. The molecular formula is C29H28N2O4S. The molecule has 1 aliphatic rings. The highest BCUT2D eigenvalue weighted by atomic mass is 32.2. The Morgan fingerprint density at radius 2 is 1.58 bits per heavy atom. The minimum absolute atomic E-state index is 0.305. The summed E-state index contributed by atoms with van der Waals surface area (Å²) in [6.07, 6.45) is 1.73. The fourth-order valence-corrected chi connectivity index (χ4v) is 4.77. The van der Waals surface area contributed by atoms with Crippen LogP contribution in [0, 0.1) is 6.92 Å². The molecule has 1 aliphatic heterocycles. The second-order valence-corrected chi connectivity index (χ2v) is 9.55. The van der Waals surface area contributed by atoms with Gasteiger partial charge in [0.2, 0.25) is 0 Å². The lowest BCUT2D eigenvalue weighted by molar-refractivity contribution is -0.120. The fraction of sp³-hybridized carbons (Fsp3) is 0.207. The topological polar surface area (TPSA) is 66.9 Å². The Kier molecular flexibility index (Phi) is 7.90. The van der Waals surface area contributed by atoms with Crippen LogP contribution in [0.1, 0.15) is 35.7 Å². The number of hydrogen-bond donors (Lipinski definition) is 0. The normalized spacial score (nSPS) is 13.4. The van der Waals surface area contributed by atoms with Crippen LogP contribution < -0.4 is 9.80 Å². The molecule has 36 heavy (non-hydrogen) atoms. The Morgan fingerprint density at radius 3 is 2.22 bits per heavy atom. The van der Waals surface area contributed by atoms with Crippen LogP contribution in [0.5, 0.6) is 0 Å². The van der Waals surface area contributed by atoms with Gasteiger partial charge in [-0.2, -0.15) is 0 Å². The molecule has 0 N–H and O–H groups in total. The van der Waals surface area contributed by atoms with Gasteiger partial charge in [-0.25, -0.2) is 9.69 Å². The summed E-state index contributed by atoms with van der Waals surface area (Å²) in [7, 11) is 1.78. The van der Waals surface area contributed by atoms with E-state index in [0.29, 0.717) is 28.5 Å². The van der Waals surface area contributed by atoms with E-state index in [1.165, 1.54) is 11.8 Å². The number of rotatable bonds is 9. The molecule has 0 unspecified atom stereocenters. The first-order chi connectivity index (χ1) is 17.4. The third kappa shape index (κ3) is 5.36. The van der Waals surface area contributed by atoms with Gasteiger partial charge >= 0.3 is 5.97 Å². The zero-order valence-corrected chi connectivity index (χ0v) is 21.4. The zero-order chi connectivity index (χ0) is 25.7. The lowest BCUT2D eigenvalue weighted by Gasteiger charge is -2.21. The van der Waals surface area contributed by atoms with Crippen LogP contribution in [0.4, 0.5) is 11.4 Å². The molecule has 2 amide bonds. The molecule has 0 saturated heterocycles. The van der Waals surface area contributed by atoms with Gasteiger partial charge in [-0.1, -0.05) is 61.0 Å². The van der Waals surface area contributed by atoms with E-state index in [1.54, 1.807) is 36.2 Å². The molecule has 0 saturated carbocycles. The van der Waals surface area contributed by atoms with Crippen molar-refractivity contribution in [1.82, 2.24) is 0 Å². The van der Waals surface area contributed by atoms with Crippen LogP contribution in [0.3, 0.4) is 0 Å². The van der Waals surface area contributed by atoms with Crippen molar-refractivity contribution in [1.29, 1.82) is 0 Å². The number of para-hydroxylation sites is 1. The maximum atomic E-state index is 13.7. The number of esters is 1. The Labute approximate surface area is 215 Å². The number of imide groups is 1. The van der Waals surface area contributed by atoms with E-state index in [-0.39, 0.29) is 0 Å². The summed E-state index contributed by atoms with van der Waals surface area (Å²) in [6.45, 7) is 4.38. The van der Waals surface area contributed by atoms with E-state index < -0.39 is 17.8 Å². The van der Waals surface area contributed by atoms with Gasteiger partial charge in [-0.3, -0.25) is 9.59 Å². The summed E-state index contributed by atoms with van der Waals surface area (Å²) in [5.41, 5.74) is 2.98. The summed E-state index contributed by atoms with van der Waals surface area (Å²) >= 11 is 1.27. The van der Waals surface area contributed by atoms with Crippen molar-refractivity contribution in [2.24, 2.45) is 0 Å². The van der Waals surface area contributed by atoms with Crippen molar-refractivity contribution in [2.45, 2.75) is 31.6 Å². The van der Waals surface area contributed by atoms with Crippen LogP contribution in [-0.2, 0) is 14.3 Å². The van der Waals surface area contributed by atoms with Gasteiger partial charge in [0.25, 0.3) is 11.8 Å². The van der Waals surface area contributed by atoms with Crippen molar-refractivity contribution in [3.05, 3.63) is 101 Å². The van der Waals surface area contributed by atoms with Gasteiger partial charge in [0, 0.05) is 17.6 Å². The monoisotopic (exact) mass is 500 g/mol. The maximum Gasteiger partial charge on any atom is 0.338 e. The van der Waals surface area contributed by atoms with Gasteiger partial charge in [-0.05, 0) is 61.9 Å². The Morgan fingerprint density at radius 1 is 0.917 bits per heavy atom. The molecule has 3 aromatic rings. The van der Waals surface area contributed by atoms with Crippen LogP contribution in [0.25, 0.3) is 0 Å². The van der Waals surface area contributed by atoms with Gasteiger partial charge in [0.15, 0.2) is 0 Å². The first kappa shape index (κ1) is 25.3. The number of unbranched alkanes of at least 4 members (excludes halogenated alkanes) is 1. The van der Waals surface area contributed by atoms with Crippen LogP contribution >= 0.6 is 11.8 Å². The smallest absolute Gasteiger partial charge is 0.338 e. The molecule has 3 aromatic carbocycles. The molecule has 0 atom stereocenters. The predicted molar refractivity (Wildman–Crippen MR) is 143 cm³/mol. The zero-order valence-electron chi connectivity index (χ0n) is 20.6. The first-order valence-electron chi connectivity index (χ1n) is 11.8. The minimum atomic E-state index is -0.424. The number of carbonyl (C=O) groups is 3. The number of nitrogens with zero attached hydrogens (tertiary/aromatic N) is 2. The number of benzene rings is 3. The predicted octanol–water partition coefficient (Wildman–Crippen LogP) is 5.97. The standard InChI is InChI=1S/C29H28N2O4S/c1-4-5-19-35-29(34)21-13-15-23(16-14-21)31-27(32)25(30(3)22-9-7-6-8-10-22)26(28(31)33)36-24-17-11-20(2)12-18-24/h6-18H,4-5,19H2,1-3H3. The van der Waals surface area contributed by atoms with E-state index in [2.05, 4.69) is 0 Å². The van der Waals surface area contributed by atoms with Crippen molar-refractivity contribution in [2.75, 3.05) is 23.5 Å². The number of carbonyl (C=O) groups excluding carboxylic acids is 3. The molecule has 7 heteroatoms. The van der Waals surface area contributed by atoms with Crippen LogP contribution in [0.2, 0.25) is 0 Å².